The van der Waals surface area contributed by atoms with Gasteiger partial charge < -0.3 is 0 Å². The Balaban J connectivity index is 2.20. The van der Waals surface area contributed by atoms with E-state index in [-0.39, 0.29) is 5.75 Å². The van der Waals surface area contributed by atoms with Crippen LogP contribution >= 0.6 is 11.3 Å². The Morgan fingerprint density at radius 2 is 2.32 bits per heavy atom. The van der Waals surface area contributed by atoms with Crippen molar-refractivity contribution in [1.29, 1.82) is 0 Å². The molecule has 1 aliphatic heterocycles. The first-order valence-electron chi connectivity index (χ1n) is 6.01. The molecule has 0 atom stereocenters. The fourth-order valence-electron chi connectivity index (χ4n) is 2.10. The summed E-state index contributed by atoms with van der Waals surface area (Å²) in [5.41, 5.74) is 2.45. The molecule has 0 saturated heterocycles. The van der Waals surface area contributed by atoms with Crippen LogP contribution in [0.5, 0.6) is 0 Å². The van der Waals surface area contributed by atoms with Gasteiger partial charge in [0.2, 0.25) is 10.0 Å². The van der Waals surface area contributed by atoms with E-state index in [0.717, 1.165) is 10.4 Å². The first-order valence-corrected chi connectivity index (χ1v) is 8.44. The van der Waals surface area contributed by atoms with Crippen molar-refractivity contribution in [1.82, 2.24) is 9.79 Å². The van der Waals surface area contributed by atoms with Gasteiger partial charge in [0.05, 0.1) is 10.6 Å². The van der Waals surface area contributed by atoms with E-state index in [0.29, 0.717) is 30.8 Å². The van der Waals surface area contributed by atoms with E-state index < -0.39 is 15.9 Å². The molecule has 0 fully saturated rings. The quantitative estimate of drug-likeness (QED) is 0.641. The topological polar surface area (TPSA) is 86.7 Å². The highest BCUT2D eigenvalue weighted by molar-refractivity contribution is 7.89. The zero-order valence-corrected chi connectivity index (χ0v) is 12.2. The lowest BCUT2D eigenvalue weighted by atomic mass is 10.1. The third-order valence-electron chi connectivity index (χ3n) is 3.01. The van der Waals surface area contributed by atoms with Gasteiger partial charge in [0.15, 0.2) is 0 Å². The van der Waals surface area contributed by atoms with Gasteiger partial charge in [-0.15, -0.1) is 11.3 Å². The molecule has 2 N–H and O–H groups in total. The number of hydrogen-bond donors (Lipinski definition) is 2. The van der Waals surface area contributed by atoms with Crippen LogP contribution in [0.1, 0.15) is 33.5 Å². The highest BCUT2D eigenvalue weighted by atomic mass is 32.2. The number of nitrogens with zero attached hydrogens (tertiary/aromatic N) is 1. The molecule has 0 bridgehead atoms. The van der Waals surface area contributed by atoms with E-state index in [2.05, 4.69) is 0 Å². The van der Waals surface area contributed by atoms with Gasteiger partial charge in [-0.3, -0.25) is 10.0 Å². The average molecular weight is 304 g/mol. The number of hydroxylamine groups is 1. The second-order valence-corrected chi connectivity index (χ2v) is 7.62. The van der Waals surface area contributed by atoms with Crippen molar-refractivity contribution >= 4 is 27.3 Å². The number of hydrogen-bond acceptors (Lipinski definition) is 5. The minimum Gasteiger partial charge on any atom is -0.288 e. The number of rotatable bonds is 4. The second kappa shape index (κ2) is 5.58. The van der Waals surface area contributed by atoms with Crippen molar-refractivity contribution in [2.75, 3.05) is 12.3 Å². The monoisotopic (exact) mass is 304 g/mol. The summed E-state index contributed by atoms with van der Waals surface area (Å²) in [7, 11) is -3.20. The Morgan fingerprint density at radius 3 is 2.95 bits per heavy atom. The lowest BCUT2D eigenvalue weighted by molar-refractivity contribution is 0.0711. The SMILES string of the molecule is CCCS(=O)(=O)N1CCc2sc(C(=O)NO)cc2C1. The van der Waals surface area contributed by atoms with Gasteiger partial charge in [-0.05, 0) is 24.5 Å². The zero-order valence-electron chi connectivity index (χ0n) is 10.5. The summed E-state index contributed by atoms with van der Waals surface area (Å²) >= 11 is 1.30. The highest BCUT2D eigenvalue weighted by Gasteiger charge is 2.28. The number of nitrogens with one attached hydrogen (secondary N) is 1. The Hall–Kier alpha value is -0.960. The second-order valence-electron chi connectivity index (χ2n) is 4.40. The number of amides is 1. The van der Waals surface area contributed by atoms with Crippen LogP contribution in [0.4, 0.5) is 0 Å². The number of carbonyl (C=O) groups excluding carboxylic acids is 1. The molecule has 8 heteroatoms. The molecule has 1 aliphatic rings. The first kappa shape index (κ1) is 14.4. The maximum atomic E-state index is 12.0. The molecular formula is C11H16N2O4S2. The molecule has 0 radical (unpaired) electrons. The Morgan fingerprint density at radius 1 is 1.58 bits per heavy atom. The smallest absolute Gasteiger partial charge is 0.284 e. The Bertz CT molecular complexity index is 580. The number of sulfonamides is 1. The van der Waals surface area contributed by atoms with Gasteiger partial charge in [-0.1, -0.05) is 6.92 Å². The Kier molecular flexibility index (Phi) is 4.24. The molecule has 0 aromatic carbocycles. The summed E-state index contributed by atoms with van der Waals surface area (Å²) in [6, 6.07) is 1.65. The van der Waals surface area contributed by atoms with Crippen LogP contribution in [-0.4, -0.2) is 36.1 Å². The van der Waals surface area contributed by atoms with E-state index >= 15 is 0 Å². The molecule has 6 nitrogen and oxygen atoms in total. The molecule has 1 aromatic heterocycles. The summed E-state index contributed by atoms with van der Waals surface area (Å²) in [4.78, 5) is 12.7. The molecule has 0 spiro atoms. The van der Waals surface area contributed by atoms with E-state index in [1.54, 1.807) is 11.5 Å². The fraction of sp³-hybridized carbons (Fsp3) is 0.545. The van der Waals surface area contributed by atoms with E-state index in [4.69, 9.17) is 5.21 Å². The van der Waals surface area contributed by atoms with Gasteiger partial charge >= 0.3 is 0 Å². The largest absolute Gasteiger partial charge is 0.288 e. The number of carbonyl (C=O) groups is 1. The van der Waals surface area contributed by atoms with Gasteiger partial charge in [-0.2, -0.15) is 4.31 Å². The van der Waals surface area contributed by atoms with Gasteiger partial charge in [0.1, 0.15) is 0 Å². The van der Waals surface area contributed by atoms with E-state index in [1.807, 2.05) is 6.92 Å². The molecule has 106 valence electrons. The molecule has 0 aliphatic carbocycles. The fourth-order valence-corrected chi connectivity index (χ4v) is 4.63. The maximum Gasteiger partial charge on any atom is 0.284 e. The van der Waals surface area contributed by atoms with Crippen molar-refractivity contribution in [3.8, 4) is 0 Å². The van der Waals surface area contributed by atoms with Gasteiger partial charge in [0.25, 0.3) is 5.91 Å². The highest BCUT2D eigenvalue weighted by Crippen LogP contribution is 2.29. The molecule has 19 heavy (non-hydrogen) atoms. The molecule has 0 saturated carbocycles. The molecule has 1 aromatic rings. The van der Waals surface area contributed by atoms with Crippen LogP contribution in [-0.2, 0) is 23.0 Å². The first-order chi connectivity index (χ1) is 8.97. The summed E-state index contributed by atoms with van der Waals surface area (Å²) in [5.74, 6) is -0.404. The standard InChI is InChI=1S/C11H16N2O4S2/c1-2-5-19(16,17)13-4-3-9-8(7-13)6-10(18-9)11(14)12-15/h6,15H,2-5,7H2,1H3,(H,12,14). The Labute approximate surface area is 116 Å². The van der Waals surface area contributed by atoms with Crippen LogP contribution < -0.4 is 5.48 Å². The normalized spacial score (nSPS) is 16.1. The van der Waals surface area contributed by atoms with Crippen LogP contribution in [0.15, 0.2) is 6.07 Å². The van der Waals surface area contributed by atoms with Crippen LogP contribution in [0.2, 0.25) is 0 Å². The summed E-state index contributed by atoms with van der Waals surface area (Å²) < 4.78 is 25.5. The van der Waals surface area contributed by atoms with Crippen molar-refractivity contribution < 1.29 is 18.4 Å². The molecule has 0 unspecified atom stereocenters. The van der Waals surface area contributed by atoms with Crippen LogP contribution in [0, 0.1) is 0 Å². The lowest BCUT2D eigenvalue weighted by Gasteiger charge is -2.25. The lowest BCUT2D eigenvalue weighted by Crippen LogP contribution is -2.36. The van der Waals surface area contributed by atoms with Crippen LogP contribution in [0.25, 0.3) is 0 Å². The number of thiophene rings is 1. The average Bonchev–Trinajstić information content (AvgIpc) is 2.80. The zero-order chi connectivity index (χ0) is 14.0. The predicted octanol–water partition coefficient (Wildman–Crippen LogP) is 0.965. The molecule has 2 rings (SSSR count). The maximum absolute atomic E-state index is 12.0. The van der Waals surface area contributed by atoms with Crippen LogP contribution in [0.3, 0.4) is 0 Å². The van der Waals surface area contributed by atoms with Crippen molar-refractivity contribution in [2.24, 2.45) is 0 Å². The van der Waals surface area contributed by atoms with E-state index in [9.17, 15) is 13.2 Å². The van der Waals surface area contributed by atoms with Gasteiger partial charge in [0, 0.05) is 18.0 Å². The van der Waals surface area contributed by atoms with Gasteiger partial charge in [-0.25, -0.2) is 13.9 Å². The third kappa shape index (κ3) is 2.97. The van der Waals surface area contributed by atoms with Crippen molar-refractivity contribution in [3.05, 3.63) is 21.4 Å². The molecule has 2 heterocycles. The van der Waals surface area contributed by atoms with Crippen molar-refractivity contribution in [2.45, 2.75) is 26.3 Å². The molecule has 1 amide bonds. The summed E-state index contributed by atoms with van der Waals surface area (Å²) in [6.45, 7) is 2.60. The summed E-state index contributed by atoms with van der Waals surface area (Å²) in [5, 5.41) is 8.60. The minimum absolute atomic E-state index is 0.149. The van der Waals surface area contributed by atoms with Crippen molar-refractivity contribution in [3.63, 3.8) is 0 Å². The number of fused-ring (bicyclic) bond motifs is 1. The van der Waals surface area contributed by atoms with E-state index in [1.165, 1.54) is 15.6 Å². The summed E-state index contributed by atoms with van der Waals surface area (Å²) in [6.07, 6.45) is 1.20. The minimum atomic E-state index is -3.20. The third-order valence-corrected chi connectivity index (χ3v) is 6.27. The molecular weight excluding hydrogens is 288 g/mol. The predicted molar refractivity (Wildman–Crippen MR) is 71.8 cm³/mol.